The van der Waals surface area contributed by atoms with Crippen LogP contribution in [0.15, 0.2) is 18.2 Å². The average Bonchev–Trinajstić information content (AvgIpc) is 2.22. The van der Waals surface area contributed by atoms with Crippen molar-refractivity contribution >= 4 is 23.2 Å². The highest BCUT2D eigenvalue weighted by Crippen LogP contribution is 2.34. The van der Waals surface area contributed by atoms with Gasteiger partial charge in [-0.15, -0.1) is 0 Å². The maximum absolute atomic E-state index is 9.78. The molecule has 0 saturated carbocycles. The maximum Gasteiger partial charge on any atom is 0.111 e. The lowest BCUT2D eigenvalue weighted by Crippen LogP contribution is -2.20. The van der Waals surface area contributed by atoms with Crippen LogP contribution in [0.1, 0.15) is 25.0 Å². The second kappa shape index (κ2) is 5.71. The molecule has 1 aromatic rings. The van der Waals surface area contributed by atoms with Crippen molar-refractivity contribution in [2.75, 3.05) is 7.11 Å². The van der Waals surface area contributed by atoms with Crippen LogP contribution >= 0.6 is 23.2 Å². The molecular weight excluding hydrogens is 235 g/mol. The van der Waals surface area contributed by atoms with Crippen molar-refractivity contribution in [3.63, 3.8) is 0 Å². The van der Waals surface area contributed by atoms with E-state index in [0.717, 1.165) is 0 Å². The molecule has 0 heterocycles. The zero-order valence-corrected chi connectivity index (χ0v) is 10.2. The standard InChI is InChI=1S/C11H14Cl2O2/c1-3-9(14)11(15-2)10-7(12)5-4-6-8(10)13/h4-6,9,11,14H,3H2,1-2H3/t9-,11+/m0/s1. The van der Waals surface area contributed by atoms with E-state index in [1.54, 1.807) is 18.2 Å². The summed E-state index contributed by atoms with van der Waals surface area (Å²) in [5.41, 5.74) is 0.651. The van der Waals surface area contributed by atoms with Crippen LogP contribution in [0.2, 0.25) is 10.0 Å². The molecule has 0 saturated heterocycles. The summed E-state index contributed by atoms with van der Waals surface area (Å²) in [7, 11) is 1.53. The van der Waals surface area contributed by atoms with Crippen LogP contribution in [0.3, 0.4) is 0 Å². The molecule has 0 spiro atoms. The molecule has 4 heteroatoms. The molecule has 1 rings (SSSR count). The van der Waals surface area contributed by atoms with Gasteiger partial charge < -0.3 is 9.84 Å². The molecule has 2 nitrogen and oxygen atoms in total. The van der Waals surface area contributed by atoms with Gasteiger partial charge >= 0.3 is 0 Å². The zero-order valence-electron chi connectivity index (χ0n) is 8.71. The Hall–Kier alpha value is -0.280. The molecule has 0 unspecified atom stereocenters. The van der Waals surface area contributed by atoms with Crippen molar-refractivity contribution in [3.8, 4) is 0 Å². The Labute approximate surface area is 99.8 Å². The Morgan fingerprint density at radius 1 is 1.33 bits per heavy atom. The summed E-state index contributed by atoms with van der Waals surface area (Å²) in [4.78, 5) is 0. The first-order valence-electron chi connectivity index (χ1n) is 4.76. The number of methoxy groups -OCH3 is 1. The van der Waals surface area contributed by atoms with Crippen LogP contribution in [0.4, 0.5) is 0 Å². The molecule has 0 amide bonds. The number of halogens is 2. The predicted octanol–water partition coefficient (Wildman–Crippen LogP) is 3.45. The summed E-state index contributed by atoms with van der Waals surface area (Å²) in [6.45, 7) is 1.88. The molecule has 0 aliphatic rings. The molecule has 0 aliphatic heterocycles. The normalized spacial score (nSPS) is 15.0. The van der Waals surface area contributed by atoms with Crippen LogP contribution in [0.25, 0.3) is 0 Å². The third-order valence-electron chi connectivity index (χ3n) is 2.31. The third kappa shape index (κ3) is 2.85. The Morgan fingerprint density at radius 2 is 1.87 bits per heavy atom. The molecular formula is C11H14Cl2O2. The van der Waals surface area contributed by atoms with Gasteiger partial charge in [0.25, 0.3) is 0 Å². The molecule has 84 valence electrons. The molecule has 0 aromatic heterocycles. The Bertz CT molecular complexity index is 308. The van der Waals surface area contributed by atoms with E-state index in [1.165, 1.54) is 7.11 Å². The first-order valence-corrected chi connectivity index (χ1v) is 5.52. The van der Waals surface area contributed by atoms with Gasteiger partial charge in [0.2, 0.25) is 0 Å². The highest BCUT2D eigenvalue weighted by Gasteiger charge is 2.23. The van der Waals surface area contributed by atoms with Gasteiger partial charge in [-0.3, -0.25) is 0 Å². The number of benzene rings is 1. The van der Waals surface area contributed by atoms with E-state index in [0.29, 0.717) is 22.0 Å². The summed E-state index contributed by atoms with van der Waals surface area (Å²) in [5.74, 6) is 0. The average molecular weight is 249 g/mol. The number of ether oxygens (including phenoxy) is 1. The minimum atomic E-state index is -0.604. The number of aliphatic hydroxyl groups is 1. The van der Waals surface area contributed by atoms with E-state index < -0.39 is 12.2 Å². The molecule has 15 heavy (non-hydrogen) atoms. The van der Waals surface area contributed by atoms with Gasteiger partial charge in [-0.25, -0.2) is 0 Å². The van der Waals surface area contributed by atoms with Crippen LogP contribution in [0.5, 0.6) is 0 Å². The van der Waals surface area contributed by atoms with E-state index in [-0.39, 0.29) is 0 Å². The molecule has 0 aliphatic carbocycles. The minimum Gasteiger partial charge on any atom is -0.390 e. The van der Waals surface area contributed by atoms with Crippen LogP contribution in [-0.2, 0) is 4.74 Å². The third-order valence-corrected chi connectivity index (χ3v) is 2.97. The quantitative estimate of drug-likeness (QED) is 0.885. The lowest BCUT2D eigenvalue weighted by atomic mass is 10.0. The van der Waals surface area contributed by atoms with Crippen LogP contribution in [0, 0.1) is 0 Å². The van der Waals surface area contributed by atoms with E-state index in [4.69, 9.17) is 27.9 Å². The van der Waals surface area contributed by atoms with Gasteiger partial charge in [-0.2, -0.15) is 0 Å². The van der Waals surface area contributed by atoms with E-state index in [1.807, 2.05) is 6.92 Å². The fourth-order valence-corrected chi connectivity index (χ4v) is 2.08. The van der Waals surface area contributed by atoms with Gasteiger partial charge in [0, 0.05) is 22.7 Å². The summed E-state index contributed by atoms with van der Waals surface area (Å²) in [6, 6.07) is 5.23. The number of rotatable bonds is 4. The van der Waals surface area contributed by atoms with Crippen molar-refractivity contribution in [2.45, 2.75) is 25.6 Å². The summed E-state index contributed by atoms with van der Waals surface area (Å²) in [6.07, 6.45) is -0.497. The molecule has 0 bridgehead atoms. The zero-order chi connectivity index (χ0) is 11.4. The topological polar surface area (TPSA) is 29.5 Å². The number of aliphatic hydroxyl groups excluding tert-OH is 1. The summed E-state index contributed by atoms with van der Waals surface area (Å²) in [5, 5.41) is 10.8. The molecule has 0 fully saturated rings. The van der Waals surface area contributed by atoms with Crippen LogP contribution in [-0.4, -0.2) is 18.3 Å². The fourth-order valence-electron chi connectivity index (χ4n) is 1.46. The molecule has 0 radical (unpaired) electrons. The Balaban J connectivity index is 3.11. The fraction of sp³-hybridized carbons (Fsp3) is 0.455. The largest absolute Gasteiger partial charge is 0.390 e. The minimum absolute atomic E-state index is 0.476. The van der Waals surface area contributed by atoms with Gasteiger partial charge in [-0.05, 0) is 18.6 Å². The molecule has 1 N–H and O–H groups in total. The predicted molar refractivity (Wildman–Crippen MR) is 62.5 cm³/mol. The summed E-state index contributed by atoms with van der Waals surface area (Å²) >= 11 is 12.1. The number of hydrogen-bond donors (Lipinski definition) is 1. The second-order valence-electron chi connectivity index (χ2n) is 3.27. The van der Waals surface area contributed by atoms with Crippen LogP contribution < -0.4 is 0 Å². The van der Waals surface area contributed by atoms with Crippen molar-refractivity contribution in [3.05, 3.63) is 33.8 Å². The monoisotopic (exact) mass is 248 g/mol. The molecule has 2 atom stereocenters. The maximum atomic E-state index is 9.78. The van der Waals surface area contributed by atoms with E-state index in [9.17, 15) is 5.11 Å². The lowest BCUT2D eigenvalue weighted by Gasteiger charge is -2.22. The SMILES string of the molecule is CC[C@H](O)[C@@H](OC)c1c(Cl)cccc1Cl. The van der Waals surface area contributed by atoms with Gasteiger partial charge in [0.05, 0.1) is 6.10 Å². The number of hydrogen-bond acceptors (Lipinski definition) is 2. The first-order chi connectivity index (χ1) is 7.11. The smallest absolute Gasteiger partial charge is 0.111 e. The van der Waals surface area contributed by atoms with Crippen molar-refractivity contribution in [1.29, 1.82) is 0 Å². The Morgan fingerprint density at radius 3 is 2.27 bits per heavy atom. The van der Waals surface area contributed by atoms with E-state index >= 15 is 0 Å². The lowest BCUT2D eigenvalue weighted by molar-refractivity contribution is -0.0147. The highest BCUT2D eigenvalue weighted by molar-refractivity contribution is 6.36. The van der Waals surface area contributed by atoms with Gasteiger partial charge in [-0.1, -0.05) is 36.2 Å². The van der Waals surface area contributed by atoms with Gasteiger partial charge in [0.15, 0.2) is 0 Å². The second-order valence-corrected chi connectivity index (χ2v) is 4.08. The van der Waals surface area contributed by atoms with Gasteiger partial charge in [0.1, 0.15) is 6.10 Å². The Kier molecular flexibility index (Phi) is 4.87. The summed E-state index contributed by atoms with van der Waals surface area (Å²) < 4.78 is 5.23. The van der Waals surface area contributed by atoms with E-state index in [2.05, 4.69) is 0 Å². The molecule has 1 aromatic carbocycles. The van der Waals surface area contributed by atoms with Crippen molar-refractivity contribution < 1.29 is 9.84 Å². The first kappa shape index (κ1) is 12.8. The van der Waals surface area contributed by atoms with Crippen molar-refractivity contribution in [2.24, 2.45) is 0 Å². The van der Waals surface area contributed by atoms with Crippen molar-refractivity contribution in [1.82, 2.24) is 0 Å². The highest BCUT2D eigenvalue weighted by atomic mass is 35.5.